The summed E-state index contributed by atoms with van der Waals surface area (Å²) in [7, 11) is 0. The molecule has 1 aromatic rings. The van der Waals surface area contributed by atoms with Crippen LogP contribution in [0.5, 0.6) is 0 Å². The van der Waals surface area contributed by atoms with Crippen LogP contribution in [-0.4, -0.2) is 26.2 Å². The largest absolute Gasteiger partial charge is 0.480 e. The van der Waals surface area contributed by atoms with Crippen LogP contribution >= 0.6 is 0 Å². The van der Waals surface area contributed by atoms with Crippen molar-refractivity contribution in [3.63, 3.8) is 0 Å². The van der Waals surface area contributed by atoms with E-state index in [2.05, 4.69) is 16.5 Å². The fourth-order valence-electron chi connectivity index (χ4n) is 2.66. The predicted molar refractivity (Wildman–Crippen MR) is 63.7 cm³/mol. The highest BCUT2D eigenvalue weighted by atomic mass is 16.4. The molecule has 2 unspecified atom stereocenters. The van der Waals surface area contributed by atoms with Crippen molar-refractivity contribution in [1.29, 1.82) is 0 Å². The first-order chi connectivity index (χ1) is 8.07. The summed E-state index contributed by atoms with van der Waals surface area (Å²) in [5.41, 5.74) is 4.89. The summed E-state index contributed by atoms with van der Waals surface area (Å²) < 4.78 is 2.09. The minimum absolute atomic E-state index is 0.169. The first-order valence-electron chi connectivity index (χ1n) is 6.11. The zero-order valence-electron chi connectivity index (χ0n) is 10.1. The molecule has 94 valence electrons. The molecule has 3 N–H and O–H groups in total. The van der Waals surface area contributed by atoms with E-state index >= 15 is 0 Å². The topological polar surface area (TPSA) is 81.1 Å². The average molecular weight is 237 g/mol. The second kappa shape index (κ2) is 4.49. The van der Waals surface area contributed by atoms with E-state index in [1.165, 1.54) is 0 Å². The Morgan fingerprint density at radius 1 is 1.76 bits per heavy atom. The maximum Gasteiger partial charge on any atom is 0.323 e. The summed E-state index contributed by atoms with van der Waals surface area (Å²) in [6, 6.07) is 0.169. The molecule has 0 aliphatic heterocycles. The Bertz CT molecular complexity index is 416. The number of aromatic nitrogens is 2. The van der Waals surface area contributed by atoms with E-state index in [0.717, 1.165) is 25.1 Å². The van der Waals surface area contributed by atoms with Crippen molar-refractivity contribution in [2.24, 2.45) is 5.73 Å². The summed E-state index contributed by atoms with van der Waals surface area (Å²) in [5, 5.41) is 9.19. The lowest BCUT2D eigenvalue weighted by Gasteiger charge is -2.35. The van der Waals surface area contributed by atoms with Crippen LogP contribution < -0.4 is 5.73 Å². The molecule has 0 aromatic carbocycles. The van der Waals surface area contributed by atoms with Crippen molar-refractivity contribution in [3.8, 4) is 0 Å². The number of carboxylic acid groups (broad SMARTS) is 1. The molecule has 1 saturated carbocycles. The van der Waals surface area contributed by atoms with Gasteiger partial charge in [0.15, 0.2) is 0 Å². The summed E-state index contributed by atoms with van der Waals surface area (Å²) >= 11 is 0. The number of hydrogen-bond acceptors (Lipinski definition) is 3. The molecule has 0 radical (unpaired) electrons. The van der Waals surface area contributed by atoms with Gasteiger partial charge in [0, 0.05) is 24.9 Å². The fourth-order valence-corrected chi connectivity index (χ4v) is 2.66. The van der Waals surface area contributed by atoms with Gasteiger partial charge in [0.05, 0.1) is 0 Å². The highest BCUT2D eigenvalue weighted by Gasteiger charge is 2.40. The number of aliphatic carboxylic acids is 1. The summed E-state index contributed by atoms with van der Waals surface area (Å²) in [6.45, 7) is 2.05. The van der Waals surface area contributed by atoms with Gasteiger partial charge in [-0.15, -0.1) is 0 Å². The van der Waals surface area contributed by atoms with Gasteiger partial charge < -0.3 is 15.4 Å². The lowest BCUT2D eigenvalue weighted by Crippen LogP contribution is -2.51. The third-order valence-corrected chi connectivity index (χ3v) is 3.64. The zero-order valence-corrected chi connectivity index (χ0v) is 10.1. The Balaban J connectivity index is 2.20. The van der Waals surface area contributed by atoms with Gasteiger partial charge in [0.2, 0.25) is 0 Å². The smallest absolute Gasteiger partial charge is 0.323 e. The standard InChI is InChI=1S/C12H19N3O2/c1-2-10-14-6-7-15(10)9-4-3-5-12(13,8-9)11(16)17/h6-7,9H,2-5,8,13H2,1H3,(H,16,17). The molecule has 5 nitrogen and oxygen atoms in total. The fraction of sp³-hybridized carbons (Fsp3) is 0.667. The van der Waals surface area contributed by atoms with Crippen LogP contribution in [0.1, 0.15) is 44.5 Å². The average Bonchev–Trinajstić information content (AvgIpc) is 2.77. The monoisotopic (exact) mass is 237 g/mol. The molecule has 2 atom stereocenters. The molecule has 0 saturated heterocycles. The maximum absolute atomic E-state index is 11.2. The van der Waals surface area contributed by atoms with Crippen molar-refractivity contribution in [1.82, 2.24) is 9.55 Å². The molecule has 1 aliphatic carbocycles. The Labute approximate surface area is 101 Å². The quantitative estimate of drug-likeness (QED) is 0.831. The van der Waals surface area contributed by atoms with Crippen LogP contribution in [0.2, 0.25) is 0 Å². The number of imidazole rings is 1. The van der Waals surface area contributed by atoms with E-state index in [0.29, 0.717) is 12.8 Å². The van der Waals surface area contributed by atoms with Crippen molar-refractivity contribution < 1.29 is 9.90 Å². The second-order valence-corrected chi connectivity index (χ2v) is 4.82. The first-order valence-corrected chi connectivity index (χ1v) is 6.11. The van der Waals surface area contributed by atoms with Gasteiger partial charge in [-0.05, 0) is 25.7 Å². The highest BCUT2D eigenvalue weighted by molar-refractivity contribution is 5.78. The maximum atomic E-state index is 11.2. The molecule has 1 aromatic heterocycles. The normalized spacial score (nSPS) is 29.2. The van der Waals surface area contributed by atoms with Gasteiger partial charge in [0.1, 0.15) is 11.4 Å². The Hall–Kier alpha value is -1.36. The summed E-state index contributed by atoms with van der Waals surface area (Å²) in [6.07, 6.45) is 7.45. The van der Waals surface area contributed by atoms with Gasteiger partial charge in [-0.2, -0.15) is 0 Å². The molecule has 2 rings (SSSR count). The lowest BCUT2D eigenvalue weighted by atomic mass is 9.79. The number of nitrogens with zero attached hydrogens (tertiary/aromatic N) is 2. The molecule has 0 spiro atoms. The SMILES string of the molecule is CCc1nccn1C1CCCC(N)(C(=O)O)C1. The number of carboxylic acids is 1. The summed E-state index contributed by atoms with van der Waals surface area (Å²) in [5.74, 6) is 0.116. The van der Waals surface area contributed by atoms with Crippen LogP contribution in [0.4, 0.5) is 0 Å². The molecule has 1 fully saturated rings. The van der Waals surface area contributed by atoms with Gasteiger partial charge in [0.25, 0.3) is 0 Å². The number of nitrogens with two attached hydrogens (primary N) is 1. The Kier molecular flexibility index (Phi) is 3.19. The molecule has 5 heteroatoms. The third-order valence-electron chi connectivity index (χ3n) is 3.64. The third kappa shape index (κ3) is 2.20. The van der Waals surface area contributed by atoms with Gasteiger partial charge in [-0.25, -0.2) is 4.98 Å². The van der Waals surface area contributed by atoms with E-state index < -0.39 is 11.5 Å². The summed E-state index contributed by atoms with van der Waals surface area (Å²) in [4.78, 5) is 15.5. The van der Waals surface area contributed by atoms with Crippen LogP contribution in [0.25, 0.3) is 0 Å². The zero-order chi connectivity index (χ0) is 12.5. The van der Waals surface area contributed by atoms with Crippen molar-refractivity contribution in [2.75, 3.05) is 0 Å². The van der Waals surface area contributed by atoms with Crippen LogP contribution in [0, 0.1) is 0 Å². The van der Waals surface area contributed by atoms with E-state index in [1.54, 1.807) is 6.20 Å². The van der Waals surface area contributed by atoms with E-state index in [1.807, 2.05) is 6.20 Å². The minimum Gasteiger partial charge on any atom is -0.480 e. The number of rotatable bonds is 3. The van der Waals surface area contributed by atoms with E-state index in [9.17, 15) is 9.90 Å². The molecular formula is C12H19N3O2. The highest BCUT2D eigenvalue weighted by Crippen LogP contribution is 2.34. The number of hydrogen-bond donors (Lipinski definition) is 2. The Morgan fingerprint density at radius 2 is 2.53 bits per heavy atom. The van der Waals surface area contributed by atoms with Gasteiger partial charge >= 0.3 is 5.97 Å². The lowest BCUT2D eigenvalue weighted by molar-refractivity contribution is -0.145. The van der Waals surface area contributed by atoms with Gasteiger partial charge in [-0.1, -0.05) is 6.92 Å². The molecule has 1 aliphatic rings. The Morgan fingerprint density at radius 3 is 3.18 bits per heavy atom. The van der Waals surface area contributed by atoms with Crippen molar-refractivity contribution >= 4 is 5.97 Å². The number of carbonyl (C=O) groups is 1. The van der Waals surface area contributed by atoms with E-state index in [-0.39, 0.29) is 6.04 Å². The minimum atomic E-state index is -1.07. The van der Waals surface area contributed by atoms with Crippen molar-refractivity contribution in [2.45, 2.75) is 50.6 Å². The van der Waals surface area contributed by atoms with Crippen LogP contribution in [0.3, 0.4) is 0 Å². The van der Waals surface area contributed by atoms with Crippen LogP contribution in [0.15, 0.2) is 12.4 Å². The molecule has 1 heterocycles. The predicted octanol–water partition coefficient (Wildman–Crippen LogP) is 1.34. The van der Waals surface area contributed by atoms with Gasteiger partial charge in [-0.3, -0.25) is 4.79 Å². The molecular weight excluding hydrogens is 218 g/mol. The van der Waals surface area contributed by atoms with E-state index in [4.69, 9.17) is 5.73 Å². The molecule has 17 heavy (non-hydrogen) atoms. The first kappa shape index (κ1) is 12.1. The van der Waals surface area contributed by atoms with Crippen LogP contribution in [-0.2, 0) is 11.2 Å². The molecule has 0 amide bonds. The molecule has 0 bridgehead atoms. The number of aryl methyl sites for hydroxylation is 1. The second-order valence-electron chi connectivity index (χ2n) is 4.82. The van der Waals surface area contributed by atoms with Crippen molar-refractivity contribution in [3.05, 3.63) is 18.2 Å².